The highest BCUT2D eigenvalue weighted by Gasteiger charge is 2.20. The number of fused-ring (bicyclic) bond motifs is 1. The van der Waals surface area contributed by atoms with Gasteiger partial charge < -0.3 is 19.5 Å². The molecular weight excluding hydrogens is 246 g/mol. The molecule has 1 heterocycles. The van der Waals surface area contributed by atoms with Crippen molar-refractivity contribution in [3.8, 4) is 11.5 Å². The minimum Gasteiger partial charge on any atom is -0.469 e. The molecule has 5 nitrogen and oxygen atoms in total. The molecule has 0 saturated carbocycles. The van der Waals surface area contributed by atoms with Crippen LogP contribution in [0, 0.1) is 0 Å². The van der Waals surface area contributed by atoms with E-state index in [2.05, 4.69) is 12.2 Å². The van der Waals surface area contributed by atoms with Gasteiger partial charge in [-0.3, -0.25) is 4.79 Å². The Hall–Kier alpha value is -1.75. The zero-order valence-electron chi connectivity index (χ0n) is 11.3. The molecule has 0 spiro atoms. The summed E-state index contributed by atoms with van der Waals surface area (Å²) < 4.78 is 15.4. The molecule has 0 bridgehead atoms. The SMILES string of the molecule is CCCNC(CC(=O)OC)c1ccc2c(c1)OCO2. The number of carbonyl (C=O) groups excluding carboxylic acids is 1. The first-order valence-corrected chi connectivity index (χ1v) is 6.44. The van der Waals surface area contributed by atoms with Crippen molar-refractivity contribution in [2.75, 3.05) is 20.4 Å². The van der Waals surface area contributed by atoms with Crippen molar-refractivity contribution in [1.82, 2.24) is 5.32 Å². The molecule has 104 valence electrons. The van der Waals surface area contributed by atoms with Crippen LogP contribution in [0.25, 0.3) is 0 Å². The lowest BCUT2D eigenvalue weighted by Crippen LogP contribution is -2.25. The Morgan fingerprint density at radius 2 is 2.21 bits per heavy atom. The van der Waals surface area contributed by atoms with Crippen molar-refractivity contribution >= 4 is 5.97 Å². The highest BCUT2D eigenvalue weighted by Crippen LogP contribution is 2.34. The average Bonchev–Trinajstić information content (AvgIpc) is 2.90. The number of hydrogen-bond acceptors (Lipinski definition) is 5. The van der Waals surface area contributed by atoms with Crippen LogP contribution >= 0.6 is 0 Å². The van der Waals surface area contributed by atoms with Crippen molar-refractivity contribution in [3.63, 3.8) is 0 Å². The molecule has 1 aromatic rings. The summed E-state index contributed by atoms with van der Waals surface area (Å²) in [7, 11) is 1.40. The fourth-order valence-electron chi connectivity index (χ4n) is 2.01. The fourth-order valence-corrected chi connectivity index (χ4v) is 2.01. The standard InChI is InChI=1S/C14H19NO4/c1-3-6-15-11(8-14(16)17-2)10-4-5-12-13(7-10)19-9-18-12/h4-5,7,11,15H,3,6,8-9H2,1-2H3. The van der Waals surface area contributed by atoms with Gasteiger partial charge in [-0.25, -0.2) is 0 Å². The number of esters is 1. The molecule has 1 aliphatic heterocycles. The maximum absolute atomic E-state index is 11.5. The average molecular weight is 265 g/mol. The topological polar surface area (TPSA) is 56.8 Å². The van der Waals surface area contributed by atoms with Crippen LogP contribution in [0.5, 0.6) is 11.5 Å². The number of carbonyl (C=O) groups is 1. The van der Waals surface area contributed by atoms with Crippen molar-refractivity contribution < 1.29 is 19.0 Å². The van der Waals surface area contributed by atoms with Crippen molar-refractivity contribution in [1.29, 1.82) is 0 Å². The molecule has 5 heteroatoms. The van der Waals surface area contributed by atoms with E-state index in [1.165, 1.54) is 7.11 Å². The van der Waals surface area contributed by atoms with E-state index < -0.39 is 0 Å². The molecule has 1 aliphatic rings. The van der Waals surface area contributed by atoms with Crippen LogP contribution < -0.4 is 14.8 Å². The molecule has 19 heavy (non-hydrogen) atoms. The van der Waals surface area contributed by atoms with Crippen LogP contribution in [0.1, 0.15) is 31.4 Å². The molecule has 0 fully saturated rings. The third-order valence-electron chi connectivity index (χ3n) is 3.04. The van der Waals surface area contributed by atoms with E-state index in [4.69, 9.17) is 14.2 Å². The van der Waals surface area contributed by atoms with Crippen LogP contribution in [0.4, 0.5) is 0 Å². The minimum absolute atomic E-state index is 0.0677. The lowest BCUT2D eigenvalue weighted by atomic mass is 10.0. The predicted molar refractivity (Wildman–Crippen MR) is 70.2 cm³/mol. The maximum atomic E-state index is 11.5. The summed E-state index contributed by atoms with van der Waals surface area (Å²) in [5, 5.41) is 3.34. The lowest BCUT2D eigenvalue weighted by Gasteiger charge is -2.18. The summed E-state index contributed by atoms with van der Waals surface area (Å²) in [6.45, 7) is 3.18. The summed E-state index contributed by atoms with van der Waals surface area (Å²) in [6.07, 6.45) is 1.30. The van der Waals surface area contributed by atoms with Crippen molar-refractivity contribution in [2.45, 2.75) is 25.8 Å². The van der Waals surface area contributed by atoms with E-state index in [-0.39, 0.29) is 18.8 Å². The van der Waals surface area contributed by atoms with Gasteiger partial charge in [-0.15, -0.1) is 0 Å². The Kier molecular flexibility index (Phi) is 4.63. The molecule has 0 saturated heterocycles. The summed E-state index contributed by atoms with van der Waals surface area (Å²) in [5.41, 5.74) is 1.00. The summed E-state index contributed by atoms with van der Waals surface area (Å²) in [5.74, 6) is 1.24. The number of rotatable bonds is 6. The second-order valence-electron chi connectivity index (χ2n) is 4.40. The number of methoxy groups -OCH3 is 1. The van der Waals surface area contributed by atoms with E-state index in [1.807, 2.05) is 18.2 Å². The minimum atomic E-state index is -0.230. The number of benzene rings is 1. The van der Waals surface area contributed by atoms with Crippen LogP contribution in [0.2, 0.25) is 0 Å². The Balaban J connectivity index is 2.14. The Morgan fingerprint density at radius 3 is 2.95 bits per heavy atom. The second kappa shape index (κ2) is 6.43. The van der Waals surface area contributed by atoms with E-state index in [0.717, 1.165) is 30.0 Å². The second-order valence-corrected chi connectivity index (χ2v) is 4.40. The third kappa shape index (κ3) is 3.38. The van der Waals surface area contributed by atoms with Crippen molar-refractivity contribution in [3.05, 3.63) is 23.8 Å². The van der Waals surface area contributed by atoms with E-state index in [0.29, 0.717) is 6.42 Å². The van der Waals surface area contributed by atoms with Crippen molar-refractivity contribution in [2.24, 2.45) is 0 Å². The quantitative estimate of drug-likeness (QED) is 0.797. The molecule has 0 aromatic heterocycles. The van der Waals surface area contributed by atoms with Crippen LogP contribution in [-0.4, -0.2) is 26.4 Å². The predicted octanol–water partition coefficient (Wildman–Crippen LogP) is 2.02. The normalized spacial score (nSPS) is 14.2. The van der Waals surface area contributed by atoms with Gasteiger partial charge in [0, 0.05) is 6.04 Å². The molecule has 1 unspecified atom stereocenters. The molecule has 0 aliphatic carbocycles. The smallest absolute Gasteiger partial charge is 0.307 e. The zero-order chi connectivity index (χ0) is 13.7. The molecule has 1 atom stereocenters. The molecule has 2 rings (SSSR count). The zero-order valence-corrected chi connectivity index (χ0v) is 11.3. The Bertz CT molecular complexity index is 447. The summed E-state index contributed by atoms with van der Waals surface area (Å²) >= 11 is 0. The number of ether oxygens (including phenoxy) is 3. The van der Waals surface area contributed by atoms with Gasteiger partial charge in [-0.05, 0) is 30.7 Å². The van der Waals surface area contributed by atoms with E-state index >= 15 is 0 Å². The van der Waals surface area contributed by atoms with Gasteiger partial charge in [0.15, 0.2) is 11.5 Å². The number of hydrogen-bond donors (Lipinski definition) is 1. The molecule has 1 aromatic carbocycles. The van der Waals surface area contributed by atoms with Gasteiger partial charge in [0.25, 0.3) is 0 Å². The van der Waals surface area contributed by atoms with Crippen LogP contribution in [0.15, 0.2) is 18.2 Å². The third-order valence-corrected chi connectivity index (χ3v) is 3.04. The maximum Gasteiger partial charge on any atom is 0.307 e. The largest absolute Gasteiger partial charge is 0.469 e. The first-order chi connectivity index (χ1) is 9.24. The van der Waals surface area contributed by atoms with Crippen LogP contribution in [0.3, 0.4) is 0 Å². The van der Waals surface area contributed by atoms with Gasteiger partial charge >= 0.3 is 5.97 Å². The first kappa shape index (κ1) is 13.7. The molecule has 0 amide bonds. The van der Waals surface area contributed by atoms with Gasteiger partial charge in [0.2, 0.25) is 6.79 Å². The summed E-state index contributed by atoms with van der Waals surface area (Å²) in [4.78, 5) is 11.5. The summed E-state index contributed by atoms with van der Waals surface area (Å²) in [6, 6.07) is 5.67. The lowest BCUT2D eigenvalue weighted by molar-refractivity contribution is -0.141. The van der Waals surface area contributed by atoms with Gasteiger partial charge in [0.05, 0.1) is 13.5 Å². The fraction of sp³-hybridized carbons (Fsp3) is 0.500. The van der Waals surface area contributed by atoms with E-state index in [9.17, 15) is 4.79 Å². The highest BCUT2D eigenvalue weighted by molar-refractivity contribution is 5.70. The van der Waals surface area contributed by atoms with Crippen LogP contribution in [-0.2, 0) is 9.53 Å². The van der Waals surface area contributed by atoms with E-state index in [1.54, 1.807) is 0 Å². The monoisotopic (exact) mass is 265 g/mol. The Morgan fingerprint density at radius 1 is 1.42 bits per heavy atom. The Labute approximate surface area is 112 Å². The highest BCUT2D eigenvalue weighted by atomic mass is 16.7. The van der Waals surface area contributed by atoms with Gasteiger partial charge in [-0.1, -0.05) is 13.0 Å². The van der Waals surface area contributed by atoms with Gasteiger partial charge in [-0.2, -0.15) is 0 Å². The molecule has 1 N–H and O–H groups in total. The first-order valence-electron chi connectivity index (χ1n) is 6.44. The molecular formula is C14H19NO4. The molecule has 0 radical (unpaired) electrons. The van der Waals surface area contributed by atoms with Gasteiger partial charge in [0.1, 0.15) is 0 Å². The number of nitrogens with one attached hydrogen (secondary N) is 1.